The van der Waals surface area contributed by atoms with E-state index in [1.54, 1.807) is 6.92 Å². The van der Waals surface area contributed by atoms with Crippen LogP contribution >= 0.6 is 0 Å². The Bertz CT molecular complexity index is 460. The zero-order valence-electron chi connectivity index (χ0n) is 12.9. The van der Waals surface area contributed by atoms with E-state index in [0.29, 0.717) is 25.0 Å². The minimum absolute atomic E-state index is 0.0822. The van der Waals surface area contributed by atoms with Crippen LogP contribution in [0, 0.1) is 0 Å². The molecule has 23 heavy (non-hydrogen) atoms. The number of amides is 1. The smallest absolute Gasteiger partial charge is 0.320 e. The van der Waals surface area contributed by atoms with Crippen LogP contribution in [-0.4, -0.2) is 69.7 Å². The lowest BCUT2D eigenvalue weighted by Gasteiger charge is -2.25. The zero-order chi connectivity index (χ0) is 18.0. The second-order valence-corrected chi connectivity index (χ2v) is 5.08. The summed E-state index contributed by atoms with van der Waals surface area (Å²) in [6.07, 6.45) is 0.957. The fraction of sp³-hybridized carbons (Fsp3) is 0.571. The lowest BCUT2D eigenvalue weighted by molar-refractivity contribution is -0.149. The Morgan fingerprint density at radius 1 is 1.04 bits per heavy atom. The van der Waals surface area contributed by atoms with E-state index in [4.69, 9.17) is 10.2 Å². The lowest BCUT2D eigenvalue weighted by Crippen LogP contribution is -2.46. The second kappa shape index (κ2) is 10.3. The van der Waals surface area contributed by atoms with Gasteiger partial charge in [0.05, 0.1) is 13.1 Å². The summed E-state index contributed by atoms with van der Waals surface area (Å²) >= 11 is 0. The van der Waals surface area contributed by atoms with Gasteiger partial charge >= 0.3 is 17.9 Å². The van der Waals surface area contributed by atoms with Crippen molar-refractivity contribution in [2.75, 3.05) is 19.6 Å². The van der Waals surface area contributed by atoms with Gasteiger partial charge in [0, 0.05) is 12.1 Å². The van der Waals surface area contributed by atoms with Crippen LogP contribution < -0.4 is 5.32 Å². The van der Waals surface area contributed by atoms with Crippen molar-refractivity contribution in [1.29, 1.82) is 0 Å². The number of hydrogen-bond donors (Lipinski definition) is 4. The molecule has 0 spiro atoms. The molecule has 0 aliphatic heterocycles. The molecule has 0 aromatic carbocycles. The Morgan fingerprint density at radius 3 is 1.96 bits per heavy atom. The monoisotopic (exact) mass is 330 g/mol. The van der Waals surface area contributed by atoms with E-state index in [9.17, 15) is 24.3 Å². The molecule has 0 unspecified atom stereocenters. The van der Waals surface area contributed by atoms with Crippen molar-refractivity contribution in [1.82, 2.24) is 10.2 Å². The van der Waals surface area contributed by atoms with Gasteiger partial charge in [-0.25, -0.2) is 0 Å². The number of nitrogens with zero attached hydrogens (tertiary/aromatic N) is 1. The number of carbonyl (C=O) groups excluding carboxylic acids is 1. The Kier molecular flexibility index (Phi) is 9.24. The Balaban J connectivity index is 4.49. The number of aliphatic carboxylic acids is 3. The second-order valence-electron chi connectivity index (χ2n) is 5.08. The minimum Gasteiger partial charge on any atom is -0.480 e. The highest BCUT2D eigenvalue weighted by Crippen LogP contribution is 2.09. The lowest BCUT2D eigenvalue weighted by atomic mass is 10.1. The molecule has 0 aliphatic rings. The number of rotatable bonds is 12. The molecule has 0 saturated carbocycles. The van der Waals surface area contributed by atoms with Gasteiger partial charge in [0.2, 0.25) is 5.91 Å². The number of carboxylic acid groups (broad SMARTS) is 3. The van der Waals surface area contributed by atoms with Crippen molar-refractivity contribution >= 4 is 23.8 Å². The molecule has 0 radical (unpaired) electrons. The Labute approximate surface area is 133 Å². The van der Waals surface area contributed by atoms with Crippen LogP contribution in [0.25, 0.3) is 0 Å². The van der Waals surface area contributed by atoms with Gasteiger partial charge in [-0.05, 0) is 26.2 Å². The molecule has 9 nitrogen and oxygen atoms in total. The van der Waals surface area contributed by atoms with Crippen molar-refractivity contribution in [3.63, 3.8) is 0 Å². The largest absolute Gasteiger partial charge is 0.480 e. The van der Waals surface area contributed by atoms with Gasteiger partial charge in [-0.3, -0.25) is 24.1 Å². The molecular formula is C14H22N2O7. The maximum absolute atomic E-state index is 11.3. The first-order valence-corrected chi connectivity index (χ1v) is 6.99. The first kappa shape index (κ1) is 20.6. The summed E-state index contributed by atoms with van der Waals surface area (Å²) in [6.45, 7) is 4.02. The fourth-order valence-corrected chi connectivity index (χ4v) is 1.90. The van der Waals surface area contributed by atoms with Crippen molar-refractivity contribution in [2.24, 2.45) is 0 Å². The van der Waals surface area contributed by atoms with Gasteiger partial charge in [-0.15, -0.1) is 0 Å². The van der Waals surface area contributed by atoms with Gasteiger partial charge in [0.1, 0.15) is 6.04 Å². The molecule has 4 N–H and O–H groups in total. The Hall–Kier alpha value is -2.42. The molecule has 0 aliphatic carbocycles. The van der Waals surface area contributed by atoms with E-state index >= 15 is 0 Å². The van der Waals surface area contributed by atoms with Crippen LogP contribution in [0.2, 0.25) is 0 Å². The van der Waals surface area contributed by atoms with Gasteiger partial charge in [0.15, 0.2) is 0 Å². The predicted molar refractivity (Wildman–Crippen MR) is 79.9 cm³/mol. The summed E-state index contributed by atoms with van der Waals surface area (Å²) < 4.78 is 0. The van der Waals surface area contributed by atoms with E-state index in [0.717, 1.165) is 4.90 Å². The van der Waals surface area contributed by atoms with Crippen LogP contribution in [0.5, 0.6) is 0 Å². The SMILES string of the molecule is C=C(C)C(=O)NCCCC[C@@H](C(=O)O)N(CC(=O)O)CC(=O)O. The molecule has 0 aromatic heterocycles. The number of carboxylic acids is 3. The standard InChI is InChI=1S/C14H22N2O7/c1-9(2)13(21)15-6-4-3-5-10(14(22)23)16(7-11(17)18)8-12(19)20/h10H,1,3-8H2,2H3,(H,15,21)(H,17,18)(H,19,20)(H,22,23)/t10-/m0/s1. The molecule has 0 saturated heterocycles. The Morgan fingerprint density at radius 2 is 1.57 bits per heavy atom. The van der Waals surface area contributed by atoms with Crippen LogP contribution in [0.15, 0.2) is 12.2 Å². The maximum atomic E-state index is 11.3. The summed E-state index contributed by atoms with van der Waals surface area (Å²) in [7, 11) is 0. The third kappa shape index (κ3) is 9.25. The summed E-state index contributed by atoms with van der Waals surface area (Å²) in [5.74, 6) is -4.17. The topological polar surface area (TPSA) is 144 Å². The first-order valence-electron chi connectivity index (χ1n) is 6.99. The average molecular weight is 330 g/mol. The molecule has 0 aromatic rings. The summed E-state index contributed by atoms with van der Waals surface area (Å²) in [5, 5.41) is 29.3. The zero-order valence-corrected chi connectivity index (χ0v) is 12.9. The van der Waals surface area contributed by atoms with Crippen LogP contribution in [-0.2, 0) is 19.2 Å². The summed E-state index contributed by atoms with van der Waals surface area (Å²) in [4.78, 5) is 44.9. The van der Waals surface area contributed by atoms with E-state index in [1.165, 1.54) is 0 Å². The van der Waals surface area contributed by atoms with E-state index in [1.807, 2.05) is 0 Å². The van der Waals surface area contributed by atoms with Crippen molar-refractivity contribution in [2.45, 2.75) is 32.2 Å². The number of unbranched alkanes of at least 4 members (excludes halogenated alkanes) is 1. The molecular weight excluding hydrogens is 308 g/mol. The highest BCUT2D eigenvalue weighted by Gasteiger charge is 2.28. The van der Waals surface area contributed by atoms with Gasteiger partial charge in [-0.1, -0.05) is 6.58 Å². The third-order valence-corrected chi connectivity index (χ3v) is 2.98. The van der Waals surface area contributed by atoms with Gasteiger partial charge < -0.3 is 20.6 Å². The molecule has 0 rings (SSSR count). The maximum Gasteiger partial charge on any atom is 0.320 e. The van der Waals surface area contributed by atoms with E-state index < -0.39 is 37.0 Å². The van der Waals surface area contributed by atoms with Crippen molar-refractivity contribution in [3.8, 4) is 0 Å². The fourth-order valence-electron chi connectivity index (χ4n) is 1.90. The highest BCUT2D eigenvalue weighted by molar-refractivity contribution is 5.92. The predicted octanol–water partition coefficient (Wildman–Crippen LogP) is -0.227. The van der Waals surface area contributed by atoms with Crippen molar-refractivity contribution < 1.29 is 34.5 Å². The number of nitrogens with one attached hydrogen (secondary N) is 1. The van der Waals surface area contributed by atoms with E-state index in [2.05, 4.69) is 11.9 Å². The molecule has 0 bridgehead atoms. The van der Waals surface area contributed by atoms with Crippen molar-refractivity contribution in [3.05, 3.63) is 12.2 Å². The molecule has 130 valence electrons. The highest BCUT2D eigenvalue weighted by atomic mass is 16.4. The number of hydrogen-bond acceptors (Lipinski definition) is 5. The van der Waals surface area contributed by atoms with Gasteiger partial charge in [-0.2, -0.15) is 0 Å². The number of carbonyl (C=O) groups is 4. The minimum atomic E-state index is -1.30. The third-order valence-electron chi connectivity index (χ3n) is 2.98. The van der Waals surface area contributed by atoms with Gasteiger partial charge in [0.25, 0.3) is 0 Å². The van der Waals surface area contributed by atoms with E-state index in [-0.39, 0.29) is 12.3 Å². The normalized spacial score (nSPS) is 11.7. The molecule has 1 atom stereocenters. The molecule has 1 amide bonds. The average Bonchev–Trinajstić information content (AvgIpc) is 2.39. The summed E-state index contributed by atoms with van der Waals surface area (Å²) in [5.41, 5.74) is 0.363. The van der Waals surface area contributed by atoms with Crippen LogP contribution in [0.1, 0.15) is 26.2 Å². The first-order chi connectivity index (χ1) is 10.6. The molecule has 0 heterocycles. The van der Waals surface area contributed by atoms with Crippen LogP contribution in [0.3, 0.4) is 0 Å². The van der Waals surface area contributed by atoms with Crippen LogP contribution in [0.4, 0.5) is 0 Å². The quantitative estimate of drug-likeness (QED) is 0.284. The molecule has 9 heteroatoms. The molecule has 0 fully saturated rings. The summed E-state index contributed by atoms with van der Waals surface area (Å²) in [6, 6.07) is -1.21.